The van der Waals surface area contributed by atoms with Crippen molar-refractivity contribution in [1.82, 2.24) is 5.32 Å². The van der Waals surface area contributed by atoms with Gasteiger partial charge in [0.2, 0.25) is 0 Å². The minimum atomic E-state index is -0.375. The first-order valence-electron chi connectivity index (χ1n) is 5.42. The van der Waals surface area contributed by atoms with Crippen LogP contribution in [0.5, 0.6) is 0 Å². The van der Waals surface area contributed by atoms with Crippen molar-refractivity contribution in [2.75, 3.05) is 6.61 Å². The predicted molar refractivity (Wildman–Crippen MR) is 75.8 cm³/mol. The van der Waals surface area contributed by atoms with Crippen molar-refractivity contribution < 1.29 is 9.90 Å². The van der Waals surface area contributed by atoms with Crippen molar-refractivity contribution >= 4 is 33.2 Å². The number of aliphatic hydroxyl groups excluding tert-OH is 1. The number of thiophene rings is 1. The van der Waals surface area contributed by atoms with Crippen LogP contribution in [0.15, 0.2) is 46.3 Å². The first-order valence-corrected chi connectivity index (χ1v) is 7.03. The van der Waals surface area contributed by atoms with Crippen LogP contribution in [0.2, 0.25) is 0 Å². The molecule has 1 amide bonds. The van der Waals surface area contributed by atoms with Crippen molar-refractivity contribution in [3.05, 3.63) is 56.7 Å². The number of benzene rings is 1. The summed E-state index contributed by atoms with van der Waals surface area (Å²) in [5, 5.41) is 12.2. The molecule has 2 rings (SSSR count). The third-order valence-electron chi connectivity index (χ3n) is 2.49. The number of carbonyl (C=O) groups is 1. The molecular formula is C13H12BrNO2S. The first kappa shape index (κ1) is 13.3. The summed E-state index contributed by atoms with van der Waals surface area (Å²) in [6.07, 6.45) is 0. The fourth-order valence-electron chi connectivity index (χ4n) is 1.59. The monoisotopic (exact) mass is 325 g/mol. The molecule has 0 bridgehead atoms. The molecule has 3 nitrogen and oxygen atoms in total. The van der Waals surface area contributed by atoms with E-state index in [2.05, 4.69) is 21.2 Å². The van der Waals surface area contributed by atoms with Gasteiger partial charge in [-0.25, -0.2) is 0 Å². The third-order valence-corrected chi connectivity index (χ3v) is 4.11. The van der Waals surface area contributed by atoms with Gasteiger partial charge in [0, 0.05) is 0 Å². The fraction of sp³-hybridized carbons (Fsp3) is 0.154. The van der Waals surface area contributed by atoms with E-state index in [0.29, 0.717) is 4.88 Å². The Morgan fingerprint density at radius 1 is 1.28 bits per heavy atom. The number of carbonyl (C=O) groups excluding carboxylic acids is 1. The van der Waals surface area contributed by atoms with Gasteiger partial charge in [-0.3, -0.25) is 4.79 Å². The van der Waals surface area contributed by atoms with Crippen molar-refractivity contribution in [2.24, 2.45) is 0 Å². The van der Waals surface area contributed by atoms with Gasteiger partial charge in [0.1, 0.15) is 0 Å². The summed E-state index contributed by atoms with van der Waals surface area (Å²) >= 11 is 4.68. The summed E-state index contributed by atoms with van der Waals surface area (Å²) in [6, 6.07) is 12.6. The molecule has 0 aliphatic rings. The van der Waals surface area contributed by atoms with Crippen LogP contribution in [0.4, 0.5) is 0 Å². The highest BCUT2D eigenvalue weighted by Crippen LogP contribution is 2.22. The fourth-order valence-corrected chi connectivity index (χ4v) is 2.87. The Balaban J connectivity index is 2.10. The van der Waals surface area contributed by atoms with Crippen molar-refractivity contribution in [3.63, 3.8) is 0 Å². The molecule has 94 valence electrons. The minimum Gasteiger partial charge on any atom is -0.394 e. The maximum absolute atomic E-state index is 12.0. The summed E-state index contributed by atoms with van der Waals surface area (Å²) in [6.45, 7) is -0.123. The van der Waals surface area contributed by atoms with Crippen LogP contribution in [-0.4, -0.2) is 17.6 Å². The van der Waals surface area contributed by atoms with Gasteiger partial charge in [0.15, 0.2) is 0 Å². The molecule has 5 heteroatoms. The molecule has 18 heavy (non-hydrogen) atoms. The Kier molecular flexibility index (Phi) is 4.52. The number of nitrogens with one attached hydrogen (secondary N) is 1. The van der Waals surface area contributed by atoms with E-state index in [1.54, 1.807) is 6.07 Å². The van der Waals surface area contributed by atoms with Gasteiger partial charge in [0.05, 0.1) is 21.3 Å². The molecule has 0 fully saturated rings. The summed E-state index contributed by atoms with van der Waals surface area (Å²) in [5.74, 6) is -0.173. The SMILES string of the molecule is O=C(NC(CO)c1ccccc1)c1ccc(Br)s1. The molecule has 0 aliphatic heterocycles. The summed E-state index contributed by atoms with van der Waals surface area (Å²) in [4.78, 5) is 12.6. The molecule has 0 saturated heterocycles. The van der Waals surface area contributed by atoms with E-state index < -0.39 is 0 Å². The number of halogens is 1. The van der Waals surface area contributed by atoms with E-state index in [4.69, 9.17) is 0 Å². The Labute approximate surface area is 118 Å². The molecule has 1 heterocycles. The van der Waals surface area contributed by atoms with Crippen molar-refractivity contribution in [1.29, 1.82) is 0 Å². The summed E-state index contributed by atoms with van der Waals surface area (Å²) in [5.41, 5.74) is 0.893. The van der Waals surface area contributed by atoms with Gasteiger partial charge < -0.3 is 10.4 Å². The predicted octanol–water partition coefficient (Wildman–Crippen LogP) is 2.97. The average Bonchev–Trinajstić information content (AvgIpc) is 2.83. The van der Waals surface area contributed by atoms with Crippen LogP contribution < -0.4 is 5.32 Å². The summed E-state index contributed by atoms with van der Waals surface area (Å²) < 4.78 is 0.910. The lowest BCUT2D eigenvalue weighted by Gasteiger charge is -2.16. The second-order valence-electron chi connectivity index (χ2n) is 3.72. The highest BCUT2D eigenvalue weighted by Gasteiger charge is 2.15. The molecule has 0 spiro atoms. The van der Waals surface area contributed by atoms with Crippen molar-refractivity contribution in [2.45, 2.75) is 6.04 Å². The molecule has 1 aromatic heterocycles. The highest BCUT2D eigenvalue weighted by atomic mass is 79.9. The van der Waals surface area contributed by atoms with E-state index in [9.17, 15) is 9.90 Å². The lowest BCUT2D eigenvalue weighted by atomic mass is 10.1. The van der Waals surface area contributed by atoms with E-state index in [1.807, 2.05) is 36.4 Å². The average molecular weight is 326 g/mol. The second kappa shape index (κ2) is 6.13. The lowest BCUT2D eigenvalue weighted by Crippen LogP contribution is -2.30. The summed E-state index contributed by atoms with van der Waals surface area (Å²) in [7, 11) is 0. The topological polar surface area (TPSA) is 49.3 Å². The zero-order valence-electron chi connectivity index (χ0n) is 9.47. The number of hydrogen-bond acceptors (Lipinski definition) is 3. The van der Waals surface area contributed by atoms with Gasteiger partial charge in [0.25, 0.3) is 5.91 Å². The number of rotatable bonds is 4. The highest BCUT2D eigenvalue weighted by molar-refractivity contribution is 9.11. The number of aliphatic hydroxyl groups is 1. The minimum absolute atomic E-state index is 0.123. The quantitative estimate of drug-likeness (QED) is 0.907. The molecule has 1 atom stereocenters. The zero-order chi connectivity index (χ0) is 13.0. The van der Waals surface area contributed by atoms with Gasteiger partial charge in [-0.15, -0.1) is 11.3 Å². The van der Waals surface area contributed by atoms with Gasteiger partial charge in [-0.1, -0.05) is 30.3 Å². The Morgan fingerprint density at radius 3 is 2.56 bits per heavy atom. The van der Waals surface area contributed by atoms with Crippen LogP contribution >= 0.6 is 27.3 Å². The van der Waals surface area contributed by atoms with E-state index in [0.717, 1.165) is 9.35 Å². The normalized spacial score (nSPS) is 12.1. The van der Waals surface area contributed by atoms with Crippen LogP contribution in [0.25, 0.3) is 0 Å². The number of amides is 1. The van der Waals surface area contributed by atoms with Gasteiger partial charge in [-0.05, 0) is 33.6 Å². The third kappa shape index (κ3) is 3.19. The lowest BCUT2D eigenvalue weighted by molar-refractivity contribution is 0.0920. The van der Waals surface area contributed by atoms with E-state index in [-0.39, 0.29) is 18.6 Å². The van der Waals surface area contributed by atoms with Crippen LogP contribution in [0, 0.1) is 0 Å². The molecule has 2 aromatic rings. The van der Waals surface area contributed by atoms with Crippen LogP contribution in [-0.2, 0) is 0 Å². The Bertz CT molecular complexity index is 527. The van der Waals surface area contributed by atoms with Gasteiger partial charge >= 0.3 is 0 Å². The molecule has 0 aliphatic carbocycles. The smallest absolute Gasteiger partial charge is 0.261 e. The van der Waals surface area contributed by atoms with Crippen LogP contribution in [0.3, 0.4) is 0 Å². The maximum atomic E-state index is 12.0. The van der Waals surface area contributed by atoms with Crippen molar-refractivity contribution in [3.8, 4) is 0 Å². The number of hydrogen-bond donors (Lipinski definition) is 2. The molecule has 1 unspecified atom stereocenters. The van der Waals surface area contributed by atoms with E-state index >= 15 is 0 Å². The first-order chi connectivity index (χ1) is 8.70. The van der Waals surface area contributed by atoms with Gasteiger partial charge in [-0.2, -0.15) is 0 Å². The molecule has 0 saturated carbocycles. The second-order valence-corrected chi connectivity index (χ2v) is 6.19. The maximum Gasteiger partial charge on any atom is 0.261 e. The van der Waals surface area contributed by atoms with E-state index in [1.165, 1.54) is 11.3 Å². The molecular weight excluding hydrogens is 314 g/mol. The Morgan fingerprint density at radius 2 is 2.00 bits per heavy atom. The standard InChI is InChI=1S/C13H12BrNO2S/c14-12-7-6-11(18-12)13(17)15-10(8-16)9-4-2-1-3-5-9/h1-7,10,16H,8H2,(H,15,17). The largest absolute Gasteiger partial charge is 0.394 e. The molecule has 1 aromatic carbocycles. The Hall–Kier alpha value is -1.17. The zero-order valence-corrected chi connectivity index (χ0v) is 11.9. The molecule has 0 radical (unpaired) electrons. The van der Waals surface area contributed by atoms with Crippen LogP contribution in [0.1, 0.15) is 21.3 Å². The molecule has 2 N–H and O–H groups in total.